The van der Waals surface area contributed by atoms with Crippen LogP contribution in [0.5, 0.6) is 0 Å². The molecule has 1 aromatic heterocycles. The zero-order valence-corrected chi connectivity index (χ0v) is 10.0. The summed E-state index contributed by atoms with van der Waals surface area (Å²) in [4.78, 5) is 35.6. The first kappa shape index (κ1) is 13.8. The monoisotopic (exact) mass is 272 g/mol. The Hall–Kier alpha value is -2.22. The van der Waals surface area contributed by atoms with Gasteiger partial charge in [-0.3, -0.25) is 19.7 Å². The summed E-state index contributed by atoms with van der Waals surface area (Å²) in [5.74, 6) is -1.29. The third-order valence-corrected chi connectivity index (χ3v) is 2.00. The highest BCUT2D eigenvalue weighted by atomic mass is 35.5. The van der Waals surface area contributed by atoms with Crippen LogP contribution in [0, 0.1) is 10.1 Å². The quantitative estimate of drug-likeness (QED) is 0.476. The molecule has 0 spiro atoms. The van der Waals surface area contributed by atoms with E-state index >= 15 is 0 Å². The number of hydrogen-bond acceptors (Lipinski definition) is 5. The molecule has 18 heavy (non-hydrogen) atoms. The number of nitrogens with zero attached hydrogens (tertiary/aromatic N) is 2. The van der Waals surface area contributed by atoms with Gasteiger partial charge in [-0.1, -0.05) is 11.6 Å². The van der Waals surface area contributed by atoms with Crippen molar-refractivity contribution in [1.82, 2.24) is 10.3 Å². The molecule has 0 saturated carbocycles. The van der Waals surface area contributed by atoms with E-state index in [-0.39, 0.29) is 23.2 Å². The third kappa shape index (κ3) is 3.98. The van der Waals surface area contributed by atoms with Gasteiger partial charge in [-0.2, -0.15) is 0 Å². The van der Waals surface area contributed by atoms with Crippen molar-refractivity contribution in [2.75, 3.05) is 11.9 Å². The SMILES string of the molecule is CC(=O)NCC(=O)Nc1nc(Cl)ccc1[N+](=O)[O-]. The molecule has 96 valence electrons. The van der Waals surface area contributed by atoms with Crippen LogP contribution in [0.3, 0.4) is 0 Å². The maximum absolute atomic E-state index is 11.4. The van der Waals surface area contributed by atoms with Gasteiger partial charge in [-0.15, -0.1) is 0 Å². The number of aromatic nitrogens is 1. The predicted molar refractivity (Wildman–Crippen MR) is 63.2 cm³/mol. The maximum atomic E-state index is 11.4. The third-order valence-electron chi connectivity index (χ3n) is 1.79. The van der Waals surface area contributed by atoms with Crippen LogP contribution in [-0.2, 0) is 9.59 Å². The van der Waals surface area contributed by atoms with Gasteiger partial charge in [0.2, 0.25) is 17.6 Å². The number of anilines is 1. The summed E-state index contributed by atoms with van der Waals surface area (Å²) >= 11 is 5.58. The van der Waals surface area contributed by atoms with Crippen molar-refractivity contribution < 1.29 is 14.5 Å². The number of nitro groups is 1. The van der Waals surface area contributed by atoms with Crippen LogP contribution in [0.4, 0.5) is 11.5 Å². The molecule has 2 N–H and O–H groups in total. The first-order valence-electron chi connectivity index (χ1n) is 4.75. The van der Waals surface area contributed by atoms with E-state index in [1.807, 2.05) is 0 Å². The maximum Gasteiger partial charge on any atom is 0.311 e. The molecular formula is C9H9ClN4O4. The summed E-state index contributed by atoms with van der Waals surface area (Å²) < 4.78 is 0. The second kappa shape index (κ2) is 5.92. The number of nitrogens with one attached hydrogen (secondary N) is 2. The van der Waals surface area contributed by atoms with E-state index < -0.39 is 16.7 Å². The average molecular weight is 273 g/mol. The summed E-state index contributed by atoms with van der Waals surface area (Å²) in [6.07, 6.45) is 0. The van der Waals surface area contributed by atoms with Gasteiger partial charge in [-0.05, 0) is 6.07 Å². The molecule has 0 fully saturated rings. The van der Waals surface area contributed by atoms with Gasteiger partial charge < -0.3 is 10.6 Å². The van der Waals surface area contributed by atoms with Crippen molar-refractivity contribution in [2.45, 2.75) is 6.92 Å². The van der Waals surface area contributed by atoms with Gasteiger partial charge in [0.25, 0.3) is 0 Å². The van der Waals surface area contributed by atoms with Crippen LogP contribution in [-0.4, -0.2) is 28.3 Å². The minimum absolute atomic E-state index is 0.00965. The van der Waals surface area contributed by atoms with Gasteiger partial charge in [-0.25, -0.2) is 4.98 Å². The fourth-order valence-electron chi connectivity index (χ4n) is 1.05. The van der Waals surface area contributed by atoms with Crippen LogP contribution in [0.25, 0.3) is 0 Å². The fourth-order valence-corrected chi connectivity index (χ4v) is 1.20. The number of halogens is 1. The number of hydrogen-bond donors (Lipinski definition) is 2. The first-order chi connectivity index (χ1) is 8.40. The molecule has 1 heterocycles. The van der Waals surface area contributed by atoms with Crippen molar-refractivity contribution in [3.05, 3.63) is 27.4 Å². The number of rotatable bonds is 4. The van der Waals surface area contributed by atoms with Crippen molar-refractivity contribution in [1.29, 1.82) is 0 Å². The van der Waals surface area contributed by atoms with E-state index in [1.165, 1.54) is 13.0 Å². The summed E-state index contributed by atoms with van der Waals surface area (Å²) in [6, 6.07) is 2.37. The van der Waals surface area contributed by atoms with Crippen LogP contribution >= 0.6 is 11.6 Å². The fraction of sp³-hybridized carbons (Fsp3) is 0.222. The number of pyridine rings is 1. The molecule has 9 heteroatoms. The lowest BCUT2D eigenvalue weighted by Gasteiger charge is -2.05. The van der Waals surface area contributed by atoms with Gasteiger partial charge in [0.1, 0.15) is 5.15 Å². The normalized spacial score (nSPS) is 9.67. The molecule has 1 rings (SSSR count). The average Bonchev–Trinajstić information content (AvgIpc) is 2.26. The standard InChI is InChI=1S/C9H9ClN4O4/c1-5(15)11-4-8(16)13-9-6(14(17)18)2-3-7(10)12-9/h2-3H,4H2,1H3,(H,11,15)(H,12,13,16). The molecule has 8 nitrogen and oxygen atoms in total. The van der Waals surface area contributed by atoms with E-state index in [2.05, 4.69) is 15.6 Å². The Labute approximate surface area is 106 Å². The molecule has 1 aromatic rings. The van der Waals surface area contributed by atoms with Crippen LogP contribution in [0.2, 0.25) is 5.15 Å². The first-order valence-corrected chi connectivity index (χ1v) is 5.13. The van der Waals surface area contributed by atoms with Gasteiger partial charge >= 0.3 is 5.69 Å². The van der Waals surface area contributed by atoms with E-state index in [0.717, 1.165) is 6.07 Å². The van der Waals surface area contributed by atoms with Crippen LogP contribution < -0.4 is 10.6 Å². The Morgan fingerprint density at radius 2 is 2.17 bits per heavy atom. The molecule has 0 aliphatic carbocycles. The highest BCUT2D eigenvalue weighted by molar-refractivity contribution is 6.29. The Bertz CT molecular complexity index is 505. The molecular weight excluding hydrogens is 264 g/mol. The molecule has 0 saturated heterocycles. The summed E-state index contributed by atoms with van der Waals surface area (Å²) in [5.41, 5.74) is -0.379. The van der Waals surface area contributed by atoms with E-state index in [9.17, 15) is 19.7 Å². The van der Waals surface area contributed by atoms with Gasteiger partial charge in [0.15, 0.2) is 0 Å². The van der Waals surface area contributed by atoms with Crippen LogP contribution in [0.1, 0.15) is 6.92 Å². The lowest BCUT2D eigenvalue weighted by molar-refractivity contribution is -0.384. The molecule has 0 aliphatic heterocycles. The molecule has 0 atom stereocenters. The van der Waals surface area contributed by atoms with Crippen LogP contribution in [0.15, 0.2) is 12.1 Å². The predicted octanol–water partition coefficient (Wildman–Crippen LogP) is 0.718. The van der Waals surface area contributed by atoms with Crippen molar-refractivity contribution >= 4 is 34.9 Å². The second-order valence-corrected chi connectivity index (χ2v) is 3.60. The molecule has 0 aliphatic rings. The Morgan fingerprint density at radius 3 is 2.72 bits per heavy atom. The number of carbonyl (C=O) groups is 2. The van der Waals surface area contributed by atoms with Gasteiger partial charge in [0, 0.05) is 13.0 Å². The summed E-state index contributed by atoms with van der Waals surface area (Å²) in [6.45, 7) is 0.939. The molecule has 0 aromatic carbocycles. The van der Waals surface area contributed by atoms with Gasteiger partial charge in [0.05, 0.1) is 11.5 Å². The second-order valence-electron chi connectivity index (χ2n) is 3.22. The van der Waals surface area contributed by atoms with Crippen molar-refractivity contribution in [2.24, 2.45) is 0 Å². The number of carbonyl (C=O) groups excluding carboxylic acids is 2. The molecule has 0 unspecified atom stereocenters. The lowest BCUT2D eigenvalue weighted by Crippen LogP contribution is -2.31. The Balaban J connectivity index is 2.82. The molecule has 0 radical (unpaired) electrons. The zero-order valence-electron chi connectivity index (χ0n) is 9.27. The number of amides is 2. The summed E-state index contributed by atoms with van der Waals surface area (Å²) in [5, 5.41) is 15.1. The molecule has 0 bridgehead atoms. The highest BCUT2D eigenvalue weighted by Crippen LogP contribution is 2.23. The Morgan fingerprint density at radius 1 is 1.50 bits per heavy atom. The lowest BCUT2D eigenvalue weighted by atomic mass is 10.4. The largest absolute Gasteiger partial charge is 0.347 e. The smallest absolute Gasteiger partial charge is 0.311 e. The minimum atomic E-state index is -0.697. The van der Waals surface area contributed by atoms with E-state index in [0.29, 0.717) is 0 Å². The Kier molecular flexibility index (Phi) is 4.55. The van der Waals surface area contributed by atoms with Crippen molar-refractivity contribution in [3.63, 3.8) is 0 Å². The van der Waals surface area contributed by atoms with E-state index in [1.54, 1.807) is 0 Å². The highest BCUT2D eigenvalue weighted by Gasteiger charge is 2.17. The summed E-state index contributed by atoms with van der Waals surface area (Å²) in [7, 11) is 0. The minimum Gasteiger partial charge on any atom is -0.347 e. The van der Waals surface area contributed by atoms with Crippen molar-refractivity contribution in [3.8, 4) is 0 Å². The topological polar surface area (TPSA) is 114 Å². The zero-order chi connectivity index (χ0) is 13.7. The van der Waals surface area contributed by atoms with E-state index in [4.69, 9.17) is 11.6 Å². The molecule has 2 amide bonds.